The van der Waals surface area contributed by atoms with Crippen molar-refractivity contribution < 1.29 is 23.5 Å². The Kier molecular flexibility index (Phi) is 5.63. The molecule has 0 amide bonds. The van der Waals surface area contributed by atoms with Crippen molar-refractivity contribution >= 4 is 11.8 Å². The summed E-state index contributed by atoms with van der Waals surface area (Å²) in [7, 11) is 2.93. The van der Waals surface area contributed by atoms with E-state index in [-0.39, 0.29) is 23.9 Å². The molecule has 2 aromatic rings. The molecule has 0 aromatic heterocycles. The number of ether oxygens (including phenoxy) is 2. The summed E-state index contributed by atoms with van der Waals surface area (Å²) in [6, 6.07) is 13.6. The van der Waals surface area contributed by atoms with Crippen LogP contribution in [0.2, 0.25) is 0 Å². The van der Waals surface area contributed by atoms with Crippen LogP contribution in [0.25, 0.3) is 0 Å². The number of ketones is 1. The van der Waals surface area contributed by atoms with Crippen LogP contribution in [0.15, 0.2) is 71.6 Å². The van der Waals surface area contributed by atoms with Crippen molar-refractivity contribution in [3.05, 3.63) is 88.5 Å². The molecule has 3 unspecified atom stereocenters. The lowest BCUT2D eigenvalue weighted by Crippen LogP contribution is -2.41. The maximum absolute atomic E-state index is 13.6. The molecule has 6 heteroatoms. The van der Waals surface area contributed by atoms with Crippen molar-refractivity contribution in [2.24, 2.45) is 5.92 Å². The third kappa shape index (κ3) is 3.74. The number of benzene rings is 2. The molecular weight excluding hydrogens is 397 g/mol. The van der Waals surface area contributed by atoms with Gasteiger partial charge in [0, 0.05) is 35.2 Å². The van der Waals surface area contributed by atoms with Gasteiger partial charge in [0.15, 0.2) is 0 Å². The van der Waals surface area contributed by atoms with Gasteiger partial charge in [0.2, 0.25) is 0 Å². The molecule has 0 spiro atoms. The average molecular weight is 421 g/mol. The molecule has 0 saturated heterocycles. The summed E-state index contributed by atoms with van der Waals surface area (Å²) in [4.78, 5) is 26.1. The van der Waals surface area contributed by atoms with Gasteiger partial charge in [-0.3, -0.25) is 4.79 Å². The quantitative estimate of drug-likeness (QED) is 0.749. The highest BCUT2D eigenvalue weighted by molar-refractivity contribution is 5.96. The third-order valence-corrected chi connectivity index (χ3v) is 6.04. The minimum absolute atomic E-state index is 0.00383. The summed E-state index contributed by atoms with van der Waals surface area (Å²) in [6.45, 7) is 1.79. The zero-order valence-electron chi connectivity index (χ0n) is 17.6. The molecule has 160 valence electrons. The summed E-state index contributed by atoms with van der Waals surface area (Å²) in [5.41, 5.74) is 3.39. The maximum atomic E-state index is 13.6. The number of carbonyl (C=O) groups excluding carboxylic acids is 2. The summed E-state index contributed by atoms with van der Waals surface area (Å²) in [5, 5.41) is 3.27. The van der Waals surface area contributed by atoms with Crippen LogP contribution in [0.3, 0.4) is 0 Å². The number of fused-ring (bicyclic) bond motifs is 1. The molecule has 0 fully saturated rings. The SMILES string of the molecule is COC(=O)C1=C(C)NC2=CC(c3ccccc3OC)CC(=O)C2C1c1ccc(F)cc1. The first kappa shape index (κ1) is 20.8. The molecule has 0 radical (unpaired) electrons. The van der Waals surface area contributed by atoms with Crippen molar-refractivity contribution in [2.45, 2.75) is 25.2 Å². The first-order valence-electron chi connectivity index (χ1n) is 10.1. The minimum atomic E-state index is -0.575. The molecule has 0 saturated carbocycles. The number of rotatable bonds is 4. The summed E-state index contributed by atoms with van der Waals surface area (Å²) in [5.74, 6) is -1.42. The van der Waals surface area contributed by atoms with Crippen molar-refractivity contribution in [1.82, 2.24) is 5.32 Å². The smallest absolute Gasteiger partial charge is 0.336 e. The highest BCUT2D eigenvalue weighted by Gasteiger charge is 2.45. The molecular formula is C25H24FNO4. The normalized spacial score (nSPS) is 22.9. The van der Waals surface area contributed by atoms with Crippen LogP contribution in [-0.2, 0) is 14.3 Å². The van der Waals surface area contributed by atoms with E-state index in [1.54, 1.807) is 26.2 Å². The molecule has 5 nitrogen and oxygen atoms in total. The molecule has 1 aliphatic heterocycles. The first-order valence-corrected chi connectivity index (χ1v) is 10.1. The lowest BCUT2D eigenvalue weighted by atomic mass is 9.68. The highest BCUT2D eigenvalue weighted by atomic mass is 19.1. The van der Waals surface area contributed by atoms with Crippen LogP contribution in [-0.4, -0.2) is 26.0 Å². The van der Waals surface area contributed by atoms with Gasteiger partial charge >= 0.3 is 5.97 Å². The average Bonchev–Trinajstić information content (AvgIpc) is 2.78. The number of methoxy groups -OCH3 is 2. The van der Waals surface area contributed by atoms with Gasteiger partial charge in [-0.2, -0.15) is 0 Å². The predicted octanol–water partition coefficient (Wildman–Crippen LogP) is 4.22. The first-order chi connectivity index (χ1) is 14.9. The van der Waals surface area contributed by atoms with E-state index < -0.39 is 17.8 Å². The topological polar surface area (TPSA) is 64.6 Å². The third-order valence-electron chi connectivity index (χ3n) is 6.04. The standard InChI is InChI=1S/C25H24FNO4/c1-14-22(25(29)31-3)23(15-8-10-17(26)11-9-15)24-19(27-14)12-16(13-20(24)28)18-6-4-5-7-21(18)30-2/h4-12,16,23-24,27H,13H2,1-3H3. The predicted molar refractivity (Wildman–Crippen MR) is 114 cm³/mol. The van der Waals surface area contributed by atoms with E-state index in [1.165, 1.54) is 19.2 Å². The van der Waals surface area contributed by atoms with Crippen molar-refractivity contribution in [2.75, 3.05) is 14.2 Å². The van der Waals surface area contributed by atoms with Crippen LogP contribution in [0.4, 0.5) is 4.39 Å². The second-order valence-electron chi connectivity index (χ2n) is 7.80. The summed E-state index contributed by atoms with van der Waals surface area (Å²) in [6.07, 6.45) is 2.32. The Labute approximate surface area is 180 Å². The van der Waals surface area contributed by atoms with Crippen LogP contribution < -0.4 is 10.1 Å². The van der Waals surface area contributed by atoms with E-state index >= 15 is 0 Å². The van der Waals surface area contributed by atoms with E-state index in [1.807, 2.05) is 30.3 Å². The van der Waals surface area contributed by atoms with Crippen LogP contribution in [0.5, 0.6) is 5.75 Å². The Morgan fingerprint density at radius 2 is 1.77 bits per heavy atom. The molecule has 4 rings (SSSR count). The second-order valence-corrected chi connectivity index (χ2v) is 7.80. The van der Waals surface area contributed by atoms with E-state index in [4.69, 9.17) is 9.47 Å². The molecule has 2 aromatic carbocycles. The van der Waals surface area contributed by atoms with Crippen LogP contribution in [0.1, 0.15) is 36.3 Å². The Morgan fingerprint density at radius 1 is 1.06 bits per heavy atom. The number of esters is 1. The van der Waals surface area contributed by atoms with Gasteiger partial charge in [-0.25, -0.2) is 9.18 Å². The van der Waals surface area contributed by atoms with E-state index in [0.29, 0.717) is 16.8 Å². The molecule has 2 aliphatic rings. The van der Waals surface area contributed by atoms with Crippen molar-refractivity contribution in [3.63, 3.8) is 0 Å². The fraction of sp³-hybridized carbons (Fsp3) is 0.280. The van der Waals surface area contributed by atoms with Crippen LogP contribution >= 0.6 is 0 Å². The largest absolute Gasteiger partial charge is 0.496 e. The molecule has 3 atom stereocenters. The Balaban J connectivity index is 1.84. The Morgan fingerprint density at radius 3 is 2.45 bits per heavy atom. The van der Waals surface area contributed by atoms with E-state index in [2.05, 4.69) is 5.32 Å². The van der Waals surface area contributed by atoms with Gasteiger partial charge < -0.3 is 14.8 Å². The summed E-state index contributed by atoms with van der Waals surface area (Å²) >= 11 is 0. The zero-order chi connectivity index (χ0) is 22.1. The number of para-hydroxylation sites is 1. The summed E-state index contributed by atoms with van der Waals surface area (Å²) < 4.78 is 24.1. The zero-order valence-corrected chi connectivity index (χ0v) is 17.6. The highest BCUT2D eigenvalue weighted by Crippen LogP contribution is 2.47. The number of nitrogens with one attached hydrogen (secondary N) is 1. The maximum Gasteiger partial charge on any atom is 0.336 e. The van der Waals surface area contributed by atoms with Crippen molar-refractivity contribution in [1.29, 1.82) is 0 Å². The lowest BCUT2D eigenvalue weighted by Gasteiger charge is -2.39. The van der Waals surface area contributed by atoms with Gasteiger partial charge in [-0.05, 0) is 30.7 Å². The number of allylic oxidation sites excluding steroid dienone is 3. The molecule has 1 heterocycles. The monoisotopic (exact) mass is 421 g/mol. The van der Waals surface area contributed by atoms with Gasteiger partial charge in [-0.1, -0.05) is 36.4 Å². The molecule has 31 heavy (non-hydrogen) atoms. The number of hydrogen-bond donors (Lipinski definition) is 1. The molecule has 1 N–H and O–H groups in total. The number of hydrogen-bond acceptors (Lipinski definition) is 5. The van der Waals surface area contributed by atoms with E-state index in [9.17, 15) is 14.0 Å². The second kappa shape index (κ2) is 8.38. The minimum Gasteiger partial charge on any atom is -0.496 e. The van der Waals surface area contributed by atoms with Crippen LogP contribution in [0, 0.1) is 11.7 Å². The molecule has 0 bridgehead atoms. The Bertz CT molecular complexity index is 1090. The number of carbonyl (C=O) groups is 2. The van der Waals surface area contributed by atoms with E-state index in [0.717, 1.165) is 17.0 Å². The van der Waals surface area contributed by atoms with Crippen molar-refractivity contribution in [3.8, 4) is 5.75 Å². The fourth-order valence-electron chi connectivity index (χ4n) is 4.66. The number of halogens is 1. The number of Topliss-reactive ketones (excluding diaryl/α,β-unsaturated/α-hetero) is 1. The van der Waals surface area contributed by atoms with Gasteiger partial charge in [0.1, 0.15) is 17.3 Å². The molecule has 1 aliphatic carbocycles. The Hall–Kier alpha value is -3.41. The van der Waals surface area contributed by atoms with Gasteiger partial charge in [0.25, 0.3) is 0 Å². The van der Waals surface area contributed by atoms with Gasteiger partial charge in [-0.15, -0.1) is 0 Å². The lowest BCUT2D eigenvalue weighted by molar-refractivity contribution is -0.136. The fourth-order valence-corrected chi connectivity index (χ4v) is 4.66. The van der Waals surface area contributed by atoms with Gasteiger partial charge in [0.05, 0.1) is 25.7 Å².